The summed E-state index contributed by atoms with van der Waals surface area (Å²) in [5.41, 5.74) is 0. The van der Waals surface area contributed by atoms with E-state index >= 15 is 0 Å². The van der Waals surface area contributed by atoms with Gasteiger partial charge in [0.15, 0.2) is 6.29 Å². The number of hydrogen-bond donors (Lipinski definition) is 6. The molecule has 0 saturated carbocycles. The van der Waals surface area contributed by atoms with Crippen molar-refractivity contribution in [2.45, 2.75) is 371 Å². The standard InChI is InChI=1S/C75H135NO8/c1-3-5-7-9-11-13-15-17-19-21-23-25-27-29-31-33-35-37-39-41-43-45-47-49-51-53-55-57-59-61-63-65-71(79)76-68(67-83-75-74(82)73(81)72(80)70(66-77)84-75)69(78)64-62-60-58-56-54-52-50-48-46-44-42-40-38-36-34-32-30-28-26-24-22-20-18-16-14-12-10-8-6-4-2/h5,7,11,13,17,19,23,25,29,31,35,37,62,64,68-70,72-75,77-78,80-82H,3-4,6,8-10,12,14-16,18,20-22,24,26-28,30,32-34,36,38-61,63,65-67H2,1-2H3,(H,76,79)/b7-5-,13-11-,19-17-,25-23-,31-29-,37-35-,64-62+. The van der Waals surface area contributed by atoms with Crippen molar-refractivity contribution in [1.29, 1.82) is 0 Å². The van der Waals surface area contributed by atoms with Gasteiger partial charge in [0.05, 0.1) is 25.4 Å². The highest BCUT2D eigenvalue weighted by molar-refractivity contribution is 5.76. The van der Waals surface area contributed by atoms with Crippen LogP contribution < -0.4 is 5.32 Å². The molecule has 1 rings (SSSR count). The second-order valence-electron chi connectivity index (χ2n) is 24.7. The van der Waals surface area contributed by atoms with Crippen LogP contribution in [-0.4, -0.2) is 87.5 Å². The molecule has 6 N–H and O–H groups in total. The fourth-order valence-electron chi connectivity index (χ4n) is 11.2. The van der Waals surface area contributed by atoms with Gasteiger partial charge in [0.2, 0.25) is 5.91 Å². The highest BCUT2D eigenvalue weighted by atomic mass is 16.7. The van der Waals surface area contributed by atoms with Crippen molar-refractivity contribution in [2.24, 2.45) is 0 Å². The van der Waals surface area contributed by atoms with E-state index in [9.17, 15) is 30.3 Å². The first-order valence-corrected chi connectivity index (χ1v) is 35.8. The molecule has 1 fully saturated rings. The molecule has 0 aromatic heterocycles. The number of aliphatic hydroxyl groups is 5. The predicted molar refractivity (Wildman–Crippen MR) is 359 cm³/mol. The van der Waals surface area contributed by atoms with Gasteiger partial charge in [-0.3, -0.25) is 4.79 Å². The molecule has 488 valence electrons. The van der Waals surface area contributed by atoms with E-state index in [0.29, 0.717) is 6.42 Å². The fourth-order valence-corrected chi connectivity index (χ4v) is 11.2. The molecule has 7 unspecified atom stereocenters. The summed E-state index contributed by atoms with van der Waals surface area (Å²) in [4.78, 5) is 13.1. The molecule has 1 amide bonds. The minimum absolute atomic E-state index is 0.178. The zero-order valence-electron chi connectivity index (χ0n) is 54.6. The zero-order valence-corrected chi connectivity index (χ0v) is 54.6. The monoisotopic (exact) mass is 1180 g/mol. The summed E-state index contributed by atoms with van der Waals surface area (Å²) in [5, 5.41) is 54.8. The zero-order chi connectivity index (χ0) is 60.7. The van der Waals surface area contributed by atoms with Gasteiger partial charge >= 0.3 is 0 Å². The molecule has 0 bridgehead atoms. The van der Waals surface area contributed by atoms with Crippen LogP contribution in [0, 0.1) is 0 Å². The molecule has 0 radical (unpaired) electrons. The molecular formula is C75H135NO8. The lowest BCUT2D eigenvalue weighted by Gasteiger charge is -2.40. The van der Waals surface area contributed by atoms with E-state index in [1.165, 1.54) is 231 Å². The molecule has 1 aliphatic rings. The maximum absolute atomic E-state index is 13.1. The summed E-state index contributed by atoms with van der Waals surface area (Å²) in [7, 11) is 0. The summed E-state index contributed by atoms with van der Waals surface area (Å²) in [5.74, 6) is -0.178. The van der Waals surface area contributed by atoms with Crippen LogP contribution in [0.3, 0.4) is 0 Å². The fraction of sp³-hybridized carbons (Fsp3) is 0.800. The minimum Gasteiger partial charge on any atom is -0.394 e. The lowest BCUT2D eigenvalue weighted by Crippen LogP contribution is -2.60. The van der Waals surface area contributed by atoms with Gasteiger partial charge in [0.1, 0.15) is 24.4 Å². The SMILES string of the molecule is CC/C=C\C/C=C\C/C=C\C/C=C\C/C=C\C/C=C\CCCCCCCCCCCCCCC(=O)NC(COC1OC(CO)C(O)C(O)C1O)C(O)/C=C/CCCCCCCCCCCCCCCCCCCCCCCCCCCCCC. The first kappa shape index (κ1) is 79.4. The topological polar surface area (TPSA) is 149 Å². The van der Waals surface area contributed by atoms with Crippen LogP contribution >= 0.6 is 0 Å². The third kappa shape index (κ3) is 51.4. The Morgan fingerprint density at radius 1 is 0.417 bits per heavy atom. The Morgan fingerprint density at radius 2 is 0.738 bits per heavy atom. The number of allylic oxidation sites excluding steroid dienone is 13. The van der Waals surface area contributed by atoms with Crippen LogP contribution in [0.1, 0.15) is 328 Å². The van der Waals surface area contributed by atoms with Crippen LogP contribution in [-0.2, 0) is 14.3 Å². The van der Waals surface area contributed by atoms with Gasteiger partial charge in [-0.15, -0.1) is 0 Å². The normalized spacial score (nSPS) is 18.7. The van der Waals surface area contributed by atoms with E-state index in [4.69, 9.17) is 9.47 Å². The lowest BCUT2D eigenvalue weighted by molar-refractivity contribution is -0.302. The Bertz CT molecular complexity index is 1600. The van der Waals surface area contributed by atoms with Gasteiger partial charge in [0, 0.05) is 6.42 Å². The van der Waals surface area contributed by atoms with Gasteiger partial charge in [-0.25, -0.2) is 0 Å². The van der Waals surface area contributed by atoms with Crippen molar-refractivity contribution in [2.75, 3.05) is 13.2 Å². The van der Waals surface area contributed by atoms with Crippen LogP contribution in [0.25, 0.3) is 0 Å². The molecule has 0 aromatic carbocycles. The van der Waals surface area contributed by atoms with Crippen molar-refractivity contribution in [3.8, 4) is 0 Å². The van der Waals surface area contributed by atoms with Crippen molar-refractivity contribution in [1.82, 2.24) is 5.32 Å². The molecule has 0 aromatic rings. The average Bonchev–Trinajstić information content (AvgIpc) is 3.70. The van der Waals surface area contributed by atoms with Crippen LogP contribution in [0.5, 0.6) is 0 Å². The van der Waals surface area contributed by atoms with Crippen molar-refractivity contribution in [3.63, 3.8) is 0 Å². The van der Waals surface area contributed by atoms with Crippen LogP contribution in [0.4, 0.5) is 0 Å². The summed E-state index contributed by atoms with van der Waals surface area (Å²) >= 11 is 0. The van der Waals surface area contributed by atoms with Crippen molar-refractivity contribution < 1.29 is 39.8 Å². The summed E-state index contributed by atoms with van der Waals surface area (Å²) in [6, 6.07) is -0.813. The summed E-state index contributed by atoms with van der Waals surface area (Å²) in [6.45, 7) is 3.70. The van der Waals surface area contributed by atoms with E-state index < -0.39 is 49.5 Å². The number of aliphatic hydroxyl groups excluding tert-OH is 5. The molecule has 0 aliphatic carbocycles. The van der Waals surface area contributed by atoms with Crippen LogP contribution in [0.15, 0.2) is 85.1 Å². The van der Waals surface area contributed by atoms with Gasteiger partial charge in [-0.1, -0.05) is 336 Å². The second-order valence-corrected chi connectivity index (χ2v) is 24.7. The van der Waals surface area contributed by atoms with E-state index in [1.807, 2.05) is 6.08 Å². The summed E-state index contributed by atoms with van der Waals surface area (Å²) < 4.78 is 11.3. The average molecular weight is 1180 g/mol. The highest BCUT2D eigenvalue weighted by Gasteiger charge is 2.44. The van der Waals surface area contributed by atoms with Gasteiger partial charge in [-0.2, -0.15) is 0 Å². The first-order chi connectivity index (χ1) is 41.3. The Labute approximate surface area is 518 Å². The molecular weight excluding hydrogens is 1040 g/mol. The number of rotatable bonds is 62. The lowest BCUT2D eigenvalue weighted by atomic mass is 9.99. The Morgan fingerprint density at radius 3 is 1.10 bits per heavy atom. The summed E-state index contributed by atoms with van der Waals surface area (Å²) in [6.07, 6.45) is 84.0. The predicted octanol–water partition coefficient (Wildman–Crippen LogP) is 19.7. The van der Waals surface area contributed by atoms with Crippen LogP contribution in [0.2, 0.25) is 0 Å². The molecule has 9 nitrogen and oxygen atoms in total. The maximum atomic E-state index is 13.1. The Kier molecular flexibility index (Phi) is 59.9. The third-order valence-electron chi connectivity index (χ3n) is 16.7. The number of carbonyl (C=O) groups is 1. The number of hydrogen-bond acceptors (Lipinski definition) is 8. The van der Waals surface area contributed by atoms with E-state index in [1.54, 1.807) is 6.08 Å². The third-order valence-corrected chi connectivity index (χ3v) is 16.7. The first-order valence-electron chi connectivity index (χ1n) is 35.8. The number of nitrogens with one attached hydrogen (secondary N) is 1. The second kappa shape index (κ2) is 63.4. The molecule has 1 saturated heterocycles. The highest BCUT2D eigenvalue weighted by Crippen LogP contribution is 2.23. The number of carbonyl (C=O) groups excluding carboxylic acids is 1. The molecule has 1 heterocycles. The smallest absolute Gasteiger partial charge is 0.220 e. The van der Waals surface area contributed by atoms with Crippen molar-refractivity contribution >= 4 is 5.91 Å². The number of amides is 1. The van der Waals surface area contributed by atoms with Crippen molar-refractivity contribution in [3.05, 3.63) is 85.1 Å². The number of ether oxygens (including phenoxy) is 2. The molecule has 1 aliphatic heterocycles. The minimum atomic E-state index is -1.57. The van der Waals surface area contributed by atoms with E-state index in [0.717, 1.165) is 77.0 Å². The van der Waals surface area contributed by atoms with Gasteiger partial charge in [0.25, 0.3) is 0 Å². The molecule has 0 spiro atoms. The van der Waals surface area contributed by atoms with E-state index in [2.05, 4.69) is 92.1 Å². The van der Waals surface area contributed by atoms with Gasteiger partial charge < -0.3 is 40.3 Å². The number of unbranched alkanes of at least 4 members (excludes halogenated alkanes) is 40. The molecule has 9 heteroatoms. The molecule has 84 heavy (non-hydrogen) atoms. The van der Waals surface area contributed by atoms with E-state index in [-0.39, 0.29) is 12.5 Å². The Balaban J connectivity index is 2.14. The Hall–Kier alpha value is -2.63. The maximum Gasteiger partial charge on any atom is 0.220 e. The van der Waals surface area contributed by atoms with Gasteiger partial charge in [-0.05, 0) is 70.6 Å². The largest absolute Gasteiger partial charge is 0.394 e. The quantitative estimate of drug-likeness (QED) is 0.0261. The molecule has 7 atom stereocenters.